The number of rotatable bonds is 4. The molecule has 1 aromatic carbocycles. The number of hydrogen-bond acceptors (Lipinski definition) is 4. The average Bonchev–Trinajstić information content (AvgIpc) is 3.08. The topological polar surface area (TPSA) is 56.7 Å². The molecule has 0 amide bonds. The summed E-state index contributed by atoms with van der Waals surface area (Å²) < 4.78 is 1.87. The van der Waals surface area contributed by atoms with E-state index in [2.05, 4.69) is 27.6 Å². The third-order valence-corrected chi connectivity index (χ3v) is 3.78. The molecule has 2 N–H and O–H groups in total. The fourth-order valence-electron chi connectivity index (χ4n) is 1.89. The van der Waals surface area contributed by atoms with E-state index in [0.29, 0.717) is 0 Å². The van der Waals surface area contributed by atoms with Crippen molar-refractivity contribution in [2.75, 3.05) is 5.73 Å². The van der Waals surface area contributed by atoms with E-state index in [-0.39, 0.29) is 0 Å². The van der Waals surface area contributed by atoms with Gasteiger partial charge in [-0.1, -0.05) is 18.2 Å². The Kier molecular flexibility index (Phi) is 3.29. The van der Waals surface area contributed by atoms with Crippen LogP contribution in [0, 0.1) is 0 Å². The summed E-state index contributed by atoms with van der Waals surface area (Å²) in [5.74, 6) is 0.721. The van der Waals surface area contributed by atoms with Gasteiger partial charge in [-0.05, 0) is 23.6 Å². The van der Waals surface area contributed by atoms with Gasteiger partial charge in [-0.15, -0.1) is 11.3 Å². The van der Waals surface area contributed by atoms with Gasteiger partial charge in [-0.3, -0.25) is 4.68 Å². The SMILES string of the molecule is Nc1cccc(-c2ncn(CCc3cccs3)n2)c1. The van der Waals surface area contributed by atoms with Crippen molar-refractivity contribution in [1.82, 2.24) is 14.8 Å². The molecule has 2 aromatic heterocycles. The predicted octanol–water partition coefficient (Wildman–Crippen LogP) is 2.83. The van der Waals surface area contributed by atoms with Crippen molar-refractivity contribution in [3.05, 3.63) is 53.0 Å². The quantitative estimate of drug-likeness (QED) is 0.742. The highest BCUT2D eigenvalue weighted by molar-refractivity contribution is 7.09. The molecule has 0 saturated carbocycles. The number of aromatic nitrogens is 3. The molecule has 5 heteroatoms. The molecule has 4 nitrogen and oxygen atoms in total. The van der Waals surface area contributed by atoms with Crippen LogP contribution in [0.25, 0.3) is 11.4 Å². The minimum Gasteiger partial charge on any atom is -0.399 e. The van der Waals surface area contributed by atoms with E-state index in [9.17, 15) is 0 Å². The van der Waals surface area contributed by atoms with Crippen molar-refractivity contribution in [3.8, 4) is 11.4 Å². The Bertz CT molecular complexity index is 658. The monoisotopic (exact) mass is 270 g/mol. The Hall–Kier alpha value is -2.14. The molecule has 96 valence electrons. The largest absolute Gasteiger partial charge is 0.399 e. The summed E-state index contributed by atoms with van der Waals surface area (Å²) in [6.45, 7) is 0.843. The van der Waals surface area contributed by atoms with Gasteiger partial charge in [0.15, 0.2) is 5.82 Å². The molecule has 0 unspecified atom stereocenters. The van der Waals surface area contributed by atoms with E-state index in [4.69, 9.17) is 5.73 Å². The molecule has 2 heterocycles. The van der Waals surface area contributed by atoms with Crippen LogP contribution in [0.3, 0.4) is 0 Å². The number of nitrogens with zero attached hydrogens (tertiary/aromatic N) is 3. The molecule has 0 atom stereocenters. The van der Waals surface area contributed by atoms with Gasteiger partial charge in [0.05, 0.1) is 0 Å². The third-order valence-electron chi connectivity index (χ3n) is 2.85. The summed E-state index contributed by atoms with van der Waals surface area (Å²) in [5, 5.41) is 6.57. The van der Waals surface area contributed by atoms with Crippen LogP contribution < -0.4 is 5.73 Å². The fourth-order valence-corrected chi connectivity index (χ4v) is 2.59. The Labute approximate surface area is 115 Å². The summed E-state index contributed by atoms with van der Waals surface area (Å²) in [5.41, 5.74) is 7.45. The molecule has 0 radical (unpaired) electrons. The van der Waals surface area contributed by atoms with Crippen molar-refractivity contribution < 1.29 is 0 Å². The van der Waals surface area contributed by atoms with Crippen LogP contribution in [-0.4, -0.2) is 14.8 Å². The summed E-state index contributed by atoms with van der Waals surface area (Å²) in [7, 11) is 0. The zero-order valence-corrected chi connectivity index (χ0v) is 11.2. The number of thiophene rings is 1. The molecule has 0 aliphatic heterocycles. The van der Waals surface area contributed by atoms with Crippen LogP contribution in [-0.2, 0) is 13.0 Å². The van der Waals surface area contributed by atoms with Gasteiger partial charge in [-0.2, -0.15) is 5.10 Å². The van der Waals surface area contributed by atoms with Crippen LogP contribution in [0.2, 0.25) is 0 Å². The lowest BCUT2D eigenvalue weighted by Crippen LogP contribution is -2.01. The minimum absolute atomic E-state index is 0.721. The summed E-state index contributed by atoms with van der Waals surface area (Å²) >= 11 is 1.77. The van der Waals surface area contributed by atoms with Crippen LogP contribution in [0.15, 0.2) is 48.1 Å². The lowest BCUT2D eigenvalue weighted by atomic mass is 10.2. The molecule has 0 saturated heterocycles. The van der Waals surface area contributed by atoms with Crippen molar-refractivity contribution in [2.24, 2.45) is 0 Å². The predicted molar refractivity (Wildman–Crippen MR) is 77.9 cm³/mol. The number of nitrogen functional groups attached to an aromatic ring is 1. The van der Waals surface area contributed by atoms with Gasteiger partial charge < -0.3 is 5.73 Å². The molecule has 0 bridgehead atoms. The van der Waals surface area contributed by atoms with Crippen molar-refractivity contribution in [3.63, 3.8) is 0 Å². The van der Waals surface area contributed by atoms with Crippen LogP contribution in [0.4, 0.5) is 5.69 Å². The van der Waals surface area contributed by atoms with E-state index in [1.165, 1.54) is 4.88 Å². The first-order valence-corrected chi connectivity index (χ1v) is 6.97. The normalized spacial score (nSPS) is 10.7. The van der Waals surface area contributed by atoms with Crippen LogP contribution in [0.1, 0.15) is 4.88 Å². The van der Waals surface area contributed by atoms with E-state index in [1.54, 1.807) is 17.7 Å². The molecule has 0 fully saturated rings. The fraction of sp³-hybridized carbons (Fsp3) is 0.143. The van der Waals surface area contributed by atoms with Crippen molar-refractivity contribution in [2.45, 2.75) is 13.0 Å². The maximum Gasteiger partial charge on any atom is 0.181 e. The first-order chi connectivity index (χ1) is 9.31. The Morgan fingerprint density at radius 2 is 2.16 bits per heavy atom. The third kappa shape index (κ3) is 2.82. The number of hydrogen-bond donors (Lipinski definition) is 1. The Balaban J connectivity index is 1.72. The van der Waals surface area contributed by atoms with E-state index >= 15 is 0 Å². The maximum atomic E-state index is 5.76. The van der Waals surface area contributed by atoms with Gasteiger partial charge in [0.1, 0.15) is 6.33 Å². The second kappa shape index (κ2) is 5.24. The number of nitrogens with two attached hydrogens (primary N) is 1. The second-order valence-corrected chi connectivity index (χ2v) is 5.32. The van der Waals surface area contributed by atoms with Gasteiger partial charge in [0.25, 0.3) is 0 Å². The molecule has 3 aromatic rings. The smallest absolute Gasteiger partial charge is 0.181 e. The first-order valence-electron chi connectivity index (χ1n) is 6.09. The highest BCUT2D eigenvalue weighted by Gasteiger charge is 2.04. The van der Waals surface area contributed by atoms with Crippen LogP contribution in [0.5, 0.6) is 0 Å². The number of aryl methyl sites for hydroxylation is 2. The van der Waals surface area contributed by atoms with Crippen molar-refractivity contribution >= 4 is 17.0 Å². The Morgan fingerprint density at radius 1 is 1.21 bits per heavy atom. The highest BCUT2D eigenvalue weighted by Crippen LogP contribution is 2.17. The standard InChI is InChI=1S/C14H14N4S/c15-12-4-1-3-11(9-12)14-16-10-18(17-14)7-6-13-5-2-8-19-13/h1-5,8-10H,6-7,15H2. The second-order valence-electron chi connectivity index (χ2n) is 4.29. The van der Waals surface area contributed by atoms with E-state index in [0.717, 1.165) is 30.0 Å². The number of anilines is 1. The first kappa shape index (κ1) is 11.9. The highest BCUT2D eigenvalue weighted by atomic mass is 32.1. The van der Waals surface area contributed by atoms with Gasteiger partial charge in [0, 0.05) is 29.1 Å². The maximum absolute atomic E-state index is 5.76. The van der Waals surface area contributed by atoms with E-state index < -0.39 is 0 Å². The minimum atomic E-state index is 0.721. The molecular weight excluding hydrogens is 256 g/mol. The van der Waals surface area contributed by atoms with Crippen LogP contribution >= 0.6 is 11.3 Å². The van der Waals surface area contributed by atoms with E-state index in [1.807, 2.05) is 28.9 Å². The van der Waals surface area contributed by atoms with Gasteiger partial charge in [0.2, 0.25) is 0 Å². The summed E-state index contributed by atoms with van der Waals surface area (Å²) in [4.78, 5) is 5.69. The van der Waals surface area contributed by atoms with Gasteiger partial charge >= 0.3 is 0 Å². The molecule has 0 aliphatic rings. The molecule has 19 heavy (non-hydrogen) atoms. The van der Waals surface area contributed by atoms with Crippen molar-refractivity contribution in [1.29, 1.82) is 0 Å². The number of benzene rings is 1. The average molecular weight is 270 g/mol. The molecular formula is C14H14N4S. The Morgan fingerprint density at radius 3 is 2.95 bits per heavy atom. The molecule has 0 spiro atoms. The lowest BCUT2D eigenvalue weighted by Gasteiger charge is -1.99. The zero-order valence-electron chi connectivity index (χ0n) is 10.4. The molecule has 0 aliphatic carbocycles. The zero-order chi connectivity index (χ0) is 13.1. The summed E-state index contributed by atoms with van der Waals surface area (Å²) in [6, 6.07) is 11.8. The summed E-state index contributed by atoms with van der Waals surface area (Å²) in [6.07, 6.45) is 2.75. The lowest BCUT2D eigenvalue weighted by molar-refractivity contribution is 0.618. The van der Waals surface area contributed by atoms with Gasteiger partial charge in [-0.25, -0.2) is 4.98 Å². The molecule has 3 rings (SSSR count).